The van der Waals surface area contributed by atoms with Crippen molar-refractivity contribution in [3.63, 3.8) is 0 Å². The zero-order valence-electron chi connectivity index (χ0n) is 7.17. The van der Waals surface area contributed by atoms with Gasteiger partial charge in [0.05, 0.1) is 6.10 Å². The van der Waals surface area contributed by atoms with Crippen LogP contribution in [0.4, 0.5) is 0 Å². The van der Waals surface area contributed by atoms with Crippen molar-refractivity contribution in [1.29, 1.82) is 0 Å². The third kappa shape index (κ3) is 0.757. The zero-order valence-corrected chi connectivity index (χ0v) is 8.07. The van der Waals surface area contributed by atoms with Crippen LogP contribution in [0.25, 0.3) is 0 Å². The molecule has 2 fully saturated rings. The first kappa shape index (κ1) is 8.49. The van der Waals surface area contributed by atoms with Gasteiger partial charge in [0.2, 0.25) is 0 Å². The third-order valence-electron chi connectivity index (χ3n) is 3.14. The lowest BCUT2D eigenvalue weighted by molar-refractivity contribution is -0.157. The van der Waals surface area contributed by atoms with Gasteiger partial charge in [0.25, 0.3) is 0 Å². The molecule has 0 aromatic rings. The molecule has 3 heterocycles. The molecule has 3 rings (SSSR count). The number of carbonyl (C=O) groups is 2. The average Bonchev–Trinajstić information content (AvgIpc) is 2.78. The number of esters is 2. The van der Waals surface area contributed by atoms with E-state index >= 15 is 0 Å². The number of thiol groups is 1. The number of hydrogen-bond donors (Lipinski definition) is 1. The molecule has 4 nitrogen and oxygen atoms in total. The zero-order chi connectivity index (χ0) is 9.92. The summed E-state index contributed by atoms with van der Waals surface area (Å²) in [6.45, 7) is 0. The summed E-state index contributed by atoms with van der Waals surface area (Å²) < 4.78 is 10.2. The molecule has 0 aromatic heterocycles. The molecule has 2 saturated heterocycles. The van der Waals surface area contributed by atoms with Crippen LogP contribution < -0.4 is 0 Å². The van der Waals surface area contributed by atoms with Gasteiger partial charge in [-0.05, 0) is 0 Å². The molecule has 2 unspecified atom stereocenters. The van der Waals surface area contributed by atoms with Crippen molar-refractivity contribution < 1.29 is 19.1 Å². The topological polar surface area (TPSA) is 52.6 Å². The van der Waals surface area contributed by atoms with Gasteiger partial charge in [-0.1, -0.05) is 12.2 Å². The molecule has 3 aliphatic rings. The maximum atomic E-state index is 11.4. The van der Waals surface area contributed by atoms with E-state index in [2.05, 4.69) is 17.4 Å². The van der Waals surface area contributed by atoms with Crippen LogP contribution in [0.3, 0.4) is 0 Å². The first-order valence-electron chi connectivity index (χ1n) is 4.41. The van der Waals surface area contributed by atoms with E-state index < -0.39 is 29.4 Å². The van der Waals surface area contributed by atoms with Gasteiger partial charge < -0.3 is 9.47 Å². The van der Waals surface area contributed by atoms with Gasteiger partial charge in [-0.25, -0.2) is 0 Å². The molecular weight excluding hydrogens is 204 g/mol. The number of rotatable bonds is 1. The fraction of sp³-hybridized carbons (Fsp3) is 0.556. The van der Waals surface area contributed by atoms with Crippen molar-refractivity contribution in [3.05, 3.63) is 12.2 Å². The predicted molar refractivity (Wildman–Crippen MR) is 48.7 cm³/mol. The highest BCUT2D eigenvalue weighted by Gasteiger charge is 2.66. The summed E-state index contributed by atoms with van der Waals surface area (Å²) in [5.74, 6) is -1.47. The predicted octanol–water partition coefficient (Wildman–Crippen LogP) is -0.0606. The maximum absolute atomic E-state index is 11.4. The van der Waals surface area contributed by atoms with E-state index in [1.54, 1.807) is 0 Å². The lowest BCUT2D eigenvalue weighted by atomic mass is 9.78. The van der Waals surface area contributed by atoms with Gasteiger partial charge >= 0.3 is 11.9 Å². The highest BCUT2D eigenvalue weighted by atomic mass is 32.1. The number of ether oxygens (including phenoxy) is 2. The number of fused-ring (bicyclic) bond motifs is 5. The Labute approximate surface area is 85.7 Å². The molecule has 0 aliphatic carbocycles. The SMILES string of the molecule is O=C1OC(=O)[C@@H]2[C@H]1C1C=CC2(CS)O1. The first-order chi connectivity index (χ1) is 6.68. The number of hydrogen-bond acceptors (Lipinski definition) is 5. The molecule has 5 heteroatoms. The lowest BCUT2D eigenvalue weighted by Crippen LogP contribution is -2.39. The molecule has 0 aromatic carbocycles. The lowest BCUT2D eigenvalue weighted by Gasteiger charge is -2.24. The summed E-state index contributed by atoms with van der Waals surface area (Å²) in [4.78, 5) is 22.8. The first-order valence-corrected chi connectivity index (χ1v) is 5.05. The molecule has 0 spiro atoms. The Balaban J connectivity index is 2.10. The smallest absolute Gasteiger partial charge is 0.320 e. The van der Waals surface area contributed by atoms with Gasteiger partial charge in [-0.2, -0.15) is 12.6 Å². The molecule has 3 aliphatic heterocycles. The van der Waals surface area contributed by atoms with Gasteiger partial charge in [-0.3, -0.25) is 9.59 Å². The number of cyclic esters (lactones) is 2. The van der Waals surface area contributed by atoms with Crippen molar-refractivity contribution in [2.75, 3.05) is 5.75 Å². The van der Waals surface area contributed by atoms with E-state index in [4.69, 9.17) is 4.74 Å². The average molecular weight is 212 g/mol. The summed E-state index contributed by atoms with van der Waals surface area (Å²) in [6.07, 6.45) is 3.34. The third-order valence-corrected chi connectivity index (χ3v) is 3.63. The summed E-state index contributed by atoms with van der Waals surface area (Å²) in [6, 6.07) is 0. The standard InChI is InChI=1S/C9H8O4S/c10-7-5-4-1-2-9(3-14,13-4)6(5)8(11)12-7/h1-2,4-6,14H,3H2/t4?,5-,6+,9?/m1/s1. The molecule has 2 bridgehead atoms. The van der Waals surface area contributed by atoms with Gasteiger partial charge in [0, 0.05) is 5.75 Å². The van der Waals surface area contributed by atoms with Crippen molar-refractivity contribution in [1.82, 2.24) is 0 Å². The van der Waals surface area contributed by atoms with Crippen LogP contribution in [0.2, 0.25) is 0 Å². The molecule has 0 radical (unpaired) electrons. The summed E-state index contributed by atoms with van der Waals surface area (Å²) in [5.41, 5.74) is -0.707. The molecular formula is C9H8O4S. The molecule has 0 amide bonds. The number of carbonyl (C=O) groups excluding carboxylic acids is 2. The molecule has 74 valence electrons. The van der Waals surface area contributed by atoms with Crippen LogP contribution in [0.5, 0.6) is 0 Å². The minimum Gasteiger partial charge on any atom is -0.393 e. The van der Waals surface area contributed by atoms with Crippen LogP contribution in [0, 0.1) is 11.8 Å². The van der Waals surface area contributed by atoms with Crippen LogP contribution in [0.15, 0.2) is 12.2 Å². The van der Waals surface area contributed by atoms with E-state index in [1.165, 1.54) is 0 Å². The monoisotopic (exact) mass is 212 g/mol. The molecule has 14 heavy (non-hydrogen) atoms. The Morgan fingerprint density at radius 1 is 1.43 bits per heavy atom. The Kier molecular flexibility index (Phi) is 1.46. The van der Waals surface area contributed by atoms with Crippen molar-refractivity contribution >= 4 is 24.6 Å². The van der Waals surface area contributed by atoms with Crippen LogP contribution in [-0.4, -0.2) is 29.4 Å². The van der Waals surface area contributed by atoms with E-state index in [1.807, 2.05) is 12.2 Å². The van der Waals surface area contributed by atoms with E-state index in [0.717, 1.165) is 0 Å². The Bertz CT molecular complexity index is 364. The molecule has 4 atom stereocenters. The van der Waals surface area contributed by atoms with E-state index in [9.17, 15) is 9.59 Å². The van der Waals surface area contributed by atoms with Crippen molar-refractivity contribution in [3.8, 4) is 0 Å². The quantitative estimate of drug-likeness (QED) is 0.286. The summed E-state index contributed by atoms with van der Waals surface area (Å²) in [5, 5.41) is 0. The van der Waals surface area contributed by atoms with Crippen LogP contribution >= 0.6 is 12.6 Å². The van der Waals surface area contributed by atoms with Gasteiger partial charge in [0.15, 0.2) is 0 Å². The Morgan fingerprint density at radius 3 is 2.93 bits per heavy atom. The Morgan fingerprint density at radius 2 is 2.21 bits per heavy atom. The highest BCUT2D eigenvalue weighted by Crippen LogP contribution is 2.51. The fourth-order valence-electron chi connectivity index (χ4n) is 2.49. The van der Waals surface area contributed by atoms with Crippen molar-refractivity contribution in [2.24, 2.45) is 11.8 Å². The highest BCUT2D eigenvalue weighted by molar-refractivity contribution is 7.80. The fourth-order valence-corrected chi connectivity index (χ4v) is 2.87. The normalized spacial score (nSPS) is 48.5. The second-order valence-electron chi connectivity index (χ2n) is 3.80. The molecule has 0 N–H and O–H groups in total. The summed E-state index contributed by atoms with van der Waals surface area (Å²) >= 11 is 4.16. The van der Waals surface area contributed by atoms with Crippen LogP contribution in [0.1, 0.15) is 0 Å². The summed E-state index contributed by atoms with van der Waals surface area (Å²) in [7, 11) is 0. The van der Waals surface area contributed by atoms with Gasteiger partial charge in [-0.15, -0.1) is 0 Å². The van der Waals surface area contributed by atoms with Crippen molar-refractivity contribution in [2.45, 2.75) is 11.7 Å². The largest absolute Gasteiger partial charge is 0.393 e. The molecule has 0 saturated carbocycles. The minimum atomic E-state index is -0.707. The van der Waals surface area contributed by atoms with E-state index in [0.29, 0.717) is 5.75 Å². The maximum Gasteiger partial charge on any atom is 0.320 e. The van der Waals surface area contributed by atoms with Gasteiger partial charge in [0.1, 0.15) is 17.4 Å². The van der Waals surface area contributed by atoms with Crippen LogP contribution in [-0.2, 0) is 19.1 Å². The minimum absolute atomic E-state index is 0.300. The second kappa shape index (κ2) is 2.41. The Hall–Kier alpha value is -0.810. The second-order valence-corrected chi connectivity index (χ2v) is 4.11. The van der Waals surface area contributed by atoms with E-state index in [-0.39, 0.29) is 6.10 Å².